The van der Waals surface area contributed by atoms with Gasteiger partial charge in [0.05, 0.1) is 11.7 Å². The highest BCUT2D eigenvalue weighted by atomic mass is 16.3. The first-order valence-corrected chi connectivity index (χ1v) is 8.81. The van der Waals surface area contributed by atoms with Crippen LogP contribution in [0.4, 0.5) is 5.82 Å². The van der Waals surface area contributed by atoms with Crippen LogP contribution in [0.3, 0.4) is 0 Å². The Balaban J connectivity index is 1.86. The average molecular weight is 356 g/mol. The van der Waals surface area contributed by atoms with Crippen molar-refractivity contribution in [2.75, 3.05) is 5.32 Å². The zero-order valence-corrected chi connectivity index (χ0v) is 15.2. The van der Waals surface area contributed by atoms with Gasteiger partial charge in [-0.3, -0.25) is 4.98 Å². The molecule has 5 nitrogen and oxygen atoms in total. The number of aromatic hydroxyl groups is 1. The molecule has 0 unspecified atom stereocenters. The smallest absolute Gasteiger partial charge is 0.147 e. The van der Waals surface area contributed by atoms with Crippen molar-refractivity contribution in [1.29, 1.82) is 0 Å². The van der Waals surface area contributed by atoms with Gasteiger partial charge in [0.1, 0.15) is 17.1 Å². The van der Waals surface area contributed by atoms with Gasteiger partial charge in [-0.25, -0.2) is 9.97 Å². The predicted octanol–water partition coefficient (Wildman–Crippen LogP) is 4.55. The molecule has 0 aliphatic heterocycles. The molecule has 0 fully saturated rings. The average Bonchev–Trinajstić information content (AvgIpc) is 2.68. The fraction of sp³-hybridized carbons (Fsp3) is 0.136. The minimum atomic E-state index is -0.354. The fourth-order valence-electron chi connectivity index (χ4n) is 3.14. The molecule has 2 N–H and O–H groups in total. The van der Waals surface area contributed by atoms with Gasteiger partial charge in [0.25, 0.3) is 0 Å². The van der Waals surface area contributed by atoms with Crippen molar-refractivity contribution in [2.45, 2.75) is 19.9 Å². The molecule has 134 valence electrons. The van der Waals surface area contributed by atoms with Crippen LogP contribution in [0.15, 0.2) is 67.0 Å². The number of pyridine rings is 3. The molecule has 0 bridgehead atoms. The van der Waals surface area contributed by atoms with Gasteiger partial charge in [0, 0.05) is 29.0 Å². The number of phenols is 1. The molecule has 0 spiro atoms. The first-order valence-electron chi connectivity index (χ1n) is 8.81. The molecule has 5 heteroatoms. The number of nitrogens with zero attached hydrogens (tertiary/aromatic N) is 3. The third kappa shape index (κ3) is 3.44. The maximum Gasteiger partial charge on any atom is 0.147 e. The van der Waals surface area contributed by atoms with Crippen molar-refractivity contribution < 1.29 is 5.11 Å². The SMILES string of the molecule is Cc1ccnc(N[C@@H](c2ccccn2)c2ccc3ccc(C)nc3c2O)c1. The minimum absolute atomic E-state index is 0.159. The molecule has 27 heavy (non-hydrogen) atoms. The van der Waals surface area contributed by atoms with E-state index in [-0.39, 0.29) is 11.8 Å². The van der Waals surface area contributed by atoms with Crippen LogP contribution in [0, 0.1) is 13.8 Å². The predicted molar refractivity (Wildman–Crippen MR) is 107 cm³/mol. The molecule has 3 aromatic heterocycles. The number of aryl methyl sites for hydroxylation is 2. The van der Waals surface area contributed by atoms with E-state index in [2.05, 4.69) is 20.3 Å². The molecule has 0 saturated carbocycles. The second-order valence-corrected chi connectivity index (χ2v) is 6.58. The Hall–Kier alpha value is -3.47. The lowest BCUT2D eigenvalue weighted by atomic mass is 9.99. The summed E-state index contributed by atoms with van der Waals surface area (Å²) in [5, 5.41) is 15.3. The molecule has 3 heterocycles. The van der Waals surface area contributed by atoms with E-state index in [4.69, 9.17) is 0 Å². The van der Waals surface area contributed by atoms with E-state index in [1.54, 1.807) is 12.4 Å². The summed E-state index contributed by atoms with van der Waals surface area (Å²) in [5.74, 6) is 0.884. The number of fused-ring (bicyclic) bond motifs is 1. The molecular formula is C22H20N4O. The number of hydrogen-bond acceptors (Lipinski definition) is 5. The summed E-state index contributed by atoms with van der Waals surface area (Å²) >= 11 is 0. The molecule has 0 amide bonds. The lowest BCUT2D eigenvalue weighted by Crippen LogP contribution is -2.15. The number of phenolic OH excluding ortho intramolecular Hbond substituents is 1. The van der Waals surface area contributed by atoms with E-state index >= 15 is 0 Å². The van der Waals surface area contributed by atoms with Crippen LogP contribution in [0.25, 0.3) is 10.9 Å². The van der Waals surface area contributed by atoms with Crippen molar-refractivity contribution >= 4 is 16.7 Å². The summed E-state index contributed by atoms with van der Waals surface area (Å²) in [6, 6.07) is 17.1. The Bertz CT molecular complexity index is 1100. The van der Waals surface area contributed by atoms with E-state index in [9.17, 15) is 5.11 Å². The van der Waals surface area contributed by atoms with Crippen LogP contribution in [-0.2, 0) is 0 Å². The monoisotopic (exact) mass is 356 g/mol. The molecule has 0 aliphatic rings. The Morgan fingerprint density at radius 1 is 0.926 bits per heavy atom. The fourth-order valence-corrected chi connectivity index (χ4v) is 3.14. The van der Waals surface area contributed by atoms with E-state index in [0.717, 1.165) is 28.2 Å². The van der Waals surface area contributed by atoms with E-state index in [1.165, 1.54) is 0 Å². The highest BCUT2D eigenvalue weighted by molar-refractivity contribution is 5.86. The quantitative estimate of drug-likeness (QED) is 0.561. The van der Waals surface area contributed by atoms with Gasteiger partial charge in [0.2, 0.25) is 0 Å². The van der Waals surface area contributed by atoms with Gasteiger partial charge in [0.15, 0.2) is 0 Å². The molecule has 0 aliphatic carbocycles. The van der Waals surface area contributed by atoms with E-state index < -0.39 is 0 Å². The molecular weight excluding hydrogens is 336 g/mol. The molecule has 0 radical (unpaired) electrons. The number of rotatable bonds is 4. The second kappa shape index (κ2) is 7.03. The van der Waals surface area contributed by atoms with Crippen molar-refractivity contribution in [2.24, 2.45) is 0 Å². The van der Waals surface area contributed by atoms with Gasteiger partial charge in [-0.1, -0.05) is 24.3 Å². The Kier molecular flexibility index (Phi) is 4.42. The lowest BCUT2D eigenvalue weighted by Gasteiger charge is -2.21. The zero-order valence-electron chi connectivity index (χ0n) is 15.2. The number of hydrogen-bond donors (Lipinski definition) is 2. The van der Waals surface area contributed by atoms with Gasteiger partial charge < -0.3 is 10.4 Å². The summed E-state index contributed by atoms with van der Waals surface area (Å²) in [5.41, 5.74) is 4.06. The minimum Gasteiger partial charge on any atom is -0.505 e. The van der Waals surface area contributed by atoms with Crippen LogP contribution in [-0.4, -0.2) is 20.1 Å². The molecule has 0 saturated heterocycles. The van der Waals surface area contributed by atoms with Crippen molar-refractivity contribution in [1.82, 2.24) is 15.0 Å². The summed E-state index contributed by atoms with van der Waals surface area (Å²) < 4.78 is 0. The maximum absolute atomic E-state index is 11.0. The summed E-state index contributed by atoms with van der Waals surface area (Å²) in [4.78, 5) is 13.4. The standard InChI is InChI=1S/C22H20N4O/c1-14-10-12-24-19(13-14)26-21(18-5-3-4-11-23-18)17-9-8-16-7-6-15(2)25-20(16)22(17)27/h3-13,21,27H,1-2H3,(H,24,26)/t21-/m1/s1. The van der Waals surface area contributed by atoms with Gasteiger partial charge >= 0.3 is 0 Å². The largest absolute Gasteiger partial charge is 0.505 e. The third-order valence-corrected chi connectivity index (χ3v) is 4.51. The summed E-state index contributed by atoms with van der Waals surface area (Å²) in [6.45, 7) is 3.93. The van der Waals surface area contributed by atoms with E-state index in [0.29, 0.717) is 11.1 Å². The van der Waals surface area contributed by atoms with E-state index in [1.807, 2.05) is 68.4 Å². The Morgan fingerprint density at radius 2 is 1.78 bits per heavy atom. The number of aromatic nitrogens is 3. The highest BCUT2D eigenvalue weighted by Crippen LogP contribution is 2.35. The number of nitrogens with one attached hydrogen (secondary N) is 1. The third-order valence-electron chi connectivity index (χ3n) is 4.51. The van der Waals surface area contributed by atoms with Gasteiger partial charge in [-0.2, -0.15) is 0 Å². The van der Waals surface area contributed by atoms with Crippen LogP contribution < -0.4 is 5.32 Å². The summed E-state index contributed by atoms with van der Waals surface area (Å²) in [7, 11) is 0. The van der Waals surface area contributed by atoms with Gasteiger partial charge in [-0.05, 0) is 49.7 Å². The van der Waals surface area contributed by atoms with Crippen molar-refractivity contribution in [3.8, 4) is 5.75 Å². The van der Waals surface area contributed by atoms with Gasteiger partial charge in [-0.15, -0.1) is 0 Å². The Morgan fingerprint density at radius 3 is 2.56 bits per heavy atom. The van der Waals surface area contributed by atoms with Crippen LogP contribution in [0.1, 0.15) is 28.6 Å². The first kappa shape index (κ1) is 17.0. The summed E-state index contributed by atoms with van der Waals surface area (Å²) in [6.07, 6.45) is 3.51. The normalized spacial score (nSPS) is 12.1. The number of anilines is 1. The molecule has 1 aromatic carbocycles. The van der Waals surface area contributed by atoms with Crippen LogP contribution >= 0.6 is 0 Å². The zero-order chi connectivity index (χ0) is 18.8. The molecule has 4 rings (SSSR count). The first-order chi connectivity index (χ1) is 13.1. The maximum atomic E-state index is 11.0. The second-order valence-electron chi connectivity index (χ2n) is 6.58. The van der Waals surface area contributed by atoms with Crippen LogP contribution in [0.2, 0.25) is 0 Å². The van der Waals surface area contributed by atoms with Crippen molar-refractivity contribution in [3.05, 3.63) is 89.5 Å². The highest BCUT2D eigenvalue weighted by Gasteiger charge is 2.21. The molecule has 4 aromatic rings. The van der Waals surface area contributed by atoms with Crippen LogP contribution in [0.5, 0.6) is 5.75 Å². The lowest BCUT2D eigenvalue weighted by molar-refractivity contribution is 0.471. The topological polar surface area (TPSA) is 70.9 Å². The molecule has 1 atom stereocenters. The number of benzene rings is 1. The Labute approximate surface area is 157 Å². The van der Waals surface area contributed by atoms with Crippen molar-refractivity contribution in [3.63, 3.8) is 0 Å².